The van der Waals surface area contributed by atoms with Crippen LogP contribution in [0.15, 0.2) is 82.2 Å². The summed E-state index contributed by atoms with van der Waals surface area (Å²) >= 11 is 0. The van der Waals surface area contributed by atoms with E-state index in [0.717, 1.165) is 6.07 Å². The topological polar surface area (TPSA) is 77.7 Å². The van der Waals surface area contributed by atoms with E-state index in [2.05, 4.69) is 14.7 Å². The fourth-order valence-electron chi connectivity index (χ4n) is 3.22. The van der Waals surface area contributed by atoms with Crippen LogP contribution in [0.2, 0.25) is 0 Å². The Morgan fingerprint density at radius 2 is 1.75 bits per heavy atom. The van der Waals surface area contributed by atoms with Crippen LogP contribution in [0.4, 0.5) is 30.2 Å². The summed E-state index contributed by atoms with van der Waals surface area (Å²) in [7, 11) is -0.623. The number of rotatable bonds is 4. The number of aromatic hydroxyl groups is 2. The number of phenols is 2. The van der Waals surface area contributed by atoms with Gasteiger partial charge in [-0.3, -0.25) is 4.98 Å². The zero-order valence-corrected chi connectivity index (χ0v) is 17.6. The van der Waals surface area contributed by atoms with Gasteiger partial charge < -0.3 is 15.5 Å². The Labute approximate surface area is 184 Å². The summed E-state index contributed by atoms with van der Waals surface area (Å²) in [6, 6.07) is 16.8. The lowest BCUT2D eigenvalue weighted by molar-refractivity contribution is -0.137. The van der Waals surface area contributed by atoms with E-state index in [9.17, 15) is 23.4 Å². The molecule has 0 aliphatic rings. The summed E-state index contributed by atoms with van der Waals surface area (Å²) in [6.45, 7) is 0. The molecule has 0 fully saturated rings. The van der Waals surface area contributed by atoms with Crippen molar-refractivity contribution in [3.8, 4) is 11.5 Å². The average molecular weight is 457 g/mol. The number of nitrogens with one attached hydrogen (secondary N) is 1. The lowest BCUT2D eigenvalue weighted by Crippen LogP contribution is -2.05. The highest BCUT2D eigenvalue weighted by atomic mass is 32.2. The third kappa shape index (κ3) is 4.67. The predicted octanol–water partition coefficient (Wildman–Crippen LogP) is 6.53. The maximum absolute atomic E-state index is 13.1. The Hall–Kier alpha value is -3.59. The normalized spacial score (nSPS) is 12.8. The maximum Gasteiger partial charge on any atom is 0.416 e. The molecule has 5 nitrogen and oxygen atoms in total. The molecule has 164 valence electrons. The molecule has 4 rings (SSSR count). The van der Waals surface area contributed by atoms with Crippen molar-refractivity contribution >= 4 is 38.7 Å². The molecular formula is C23H18F3N3O2S. The van der Waals surface area contributed by atoms with E-state index in [0.29, 0.717) is 33.2 Å². The molecule has 0 radical (unpaired) electrons. The molecule has 3 N–H and O–H groups in total. The monoisotopic (exact) mass is 457 g/mol. The van der Waals surface area contributed by atoms with Crippen LogP contribution in [-0.2, 0) is 16.9 Å². The predicted molar refractivity (Wildman–Crippen MR) is 120 cm³/mol. The van der Waals surface area contributed by atoms with Crippen LogP contribution in [0.3, 0.4) is 0 Å². The number of anilines is 2. The summed E-state index contributed by atoms with van der Waals surface area (Å²) < 4.78 is 44.0. The fourth-order valence-corrected chi connectivity index (χ4v) is 4.39. The van der Waals surface area contributed by atoms with E-state index in [1.54, 1.807) is 48.7 Å². The SMILES string of the molecule is CS(=Nc1ccc2nccc(Nc3cc(O)cc(C(F)(F)F)c3)c2c1)c1ccccc1O. The quantitative estimate of drug-likeness (QED) is 0.326. The second kappa shape index (κ2) is 8.51. The minimum Gasteiger partial charge on any atom is -0.508 e. The Bertz CT molecular complexity index is 1340. The van der Waals surface area contributed by atoms with Crippen LogP contribution in [0.25, 0.3) is 10.9 Å². The standard InChI is InChI=1S/C23H18F3N3O2S/c1-32(22-5-3-2-4-21(22)31)29-15-6-7-19-18(13-15)20(8-9-27-19)28-16-10-14(23(24,25)26)11-17(30)12-16/h2-13,30-31H,1H3,(H,27,28). The van der Waals surface area contributed by atoms with Gasteiger partial charge in [0.2, 0.25) is 0 Å². The molecule has 3 aromatic carbocycles. The molecule has 0 aliphatic carbocycles. The molecule has 0 spiro atoms. The third-order valence-electron chi connectivity index (χ3n) is 4.68. The van der Waals surface area contributed by atoms with Gasteiger partial charge in [0.25, 0.3) is 0 Å². The third-order valence-corrected chi connectivity index (χ3v) is 6.14. The first-order valence-corrected chi connectivity index (χ1v) is 11.0. The molecule has 0 aliphatic heterocycles. The zero-order chi connectivity index (χ0) is 22.9. The minimum atomic E-state index is -4.58. The molecule has 0 amide bonds. The first kappa shape index (κ1) is 21.6. The van der Waals surface area contributed by atoms with Gasteiger partial charge in [-0.15, -0.1) is 0 Å². The highest BCUT2D eigenvalue weighted by Crippen LogP contribution is 2.36. The number of hydrogen-bond donors (Lipinski definition) is 3. The Balaban J connectivity index is 1.74. The van der Waals surface area contributed by atoms with Crippen molar-refractivity contribution in [3.05, 3.63) is 78.5 Å². The van der Waals surface area contributed by atoms with Gasteiger partial charge in [0, 0.05) is 29.0 Å². The highest BCUT2D eigenvalue weighted by Gasteiger charge is 2.31. The summed E-state index contributed by atoms with van der Waals surface area (Å²) in [5.41, 5.74) is 0.922. The van der Waals surface area contributed by atoms with Crippen molar-refractivity contribution < 1.29 is 23.4 Å². The first-order valence-electron chi connectivity index (χ1n) is 9.43. The summed E-state index contributed by atoms with van der Waals surface area (Å²) in [6.07, 6.45) is -1.16. The number of fused-ring (bicyclic) bond motifs is 1. The molecular weight excluding hydrogens is 439 g/mol. The number of nitrogens with zero attached hydrogens (tertiary/aromatic N) is 2. The molecule has 32 heavy (non-hydrogen) atoms. The van der Waals surface area contributed by atoms with Crippen molar-refractivity contribution in [3.63, 3.8) is 0 Å². The molecule has 0 bridgehead atoms. The van der Waals surface area contributed by atoms with Gasteiger partial charge in [-0.05, 0) is 54.8 Å². The van der Waals surface area contributed by atoms with Crippen LogP contribution in [0, 0.1) is 0 Å². The number of hydrogen-bond acceptors (Lipinski definition) is 5. The van der Waals surface area contributed by atoms with Crippen molar-refractivity contribution in [2.45, 2.75) is 11.1 Å². The van der Waals surface area contributed by atoms with Gasteiger partial charge in [-0.1, -0.05) is 22.8 Å². The van der Waals surface area contributed by atoms with E-state index < -0.39 is 28.2 Å². The fraction of sp³-hybridized carbons (Fsp3) is 0.0870. The number of aromatic nitrogens is 1. The first-order chi connectivity index (χ1) is 15.2. The van der Waals surface area contributed by atoms with Gasteiger partial charge in [0.1, 0.15) is 11.5 Å². The van der Waals surface area contributed by atoms with E-state index in [1.165, 1.54) is 6.07 Å². The van der Waals surface area contributed by atoms with Gasteiger partial charge >= 0.3 is 6.18 Å². The lowest BCUT2D eigenvalue weighted by Gasteiger charge is -2.13. The number of para-hydroxylation sites is 1. The number of alkyl halides is 3. The smallest absolute Gasteiger partial charge is 0.416 e. The minimum absolute atomic E-state index is 0.0941. The van der Waals surface area contributed by atoms with Crippen LogP contribution in [0.5, 0.6) is 11.5 Å². The molecule has 1 aromatic heterocycles. The Kier molecular flexibility index (Phi) is 5.75. The number of benzene rings is 3. The van der Waals surface area contributed by atoms with Gasteiger partial charge in [-0.2, -0.15) is 13.2 Å². The maximum atomic E-state index is 13.1. The molecule has 9 heteroatoms. The van der Waals surface area contributed by atoms with Crippen molar-refractivity contribution in [2.75, 3.05) is 11.6 Å². The largest absolute Gasteiger partial charge is 0.508 e. The molecule has 1 heterocycles. The van der Waals surface area contributed by atoms with Crippen molar-refractivity contribution in [2.24, 2.45) is 4.36 Å². The van der Waals surface area contributed by atoms with E-state index in [-0.39, 0.29) is 11.4 Å². The van der Waals surface area contributed by atoms with E-state index >= 15 is 0 Å². The van der Waals surface area contributed by atoms with Crippen molar-refractivity contribution in [1.82, 2.24) is 4.98 Å². The molecule has 1 atom stereocenters. The summed E-state index contributed by atoms with van der Waals surface area (Å²) in [5.74, 6) is -0.328. The van der Waals surface area contributed by atoms with Gasteiger partial charge in [-0.25, -0.2) is 4.36 Å². The van der Waals surface area contributed by atoms with Crippen molar-refractivity contribution in [1.29, 1.82) is 0 Å². The number of phenolic OH excluding ortho intramolecular Hbond substituents is 2. The summed E-state index contributed by atoms with van der Waals surface area (Å²) in [5, 5.41) is 23.4. The zero-order valence-electron chi connectivity index (χ0n) is 16.8. The second-order valence-corrected chi connectivity index (χ2v) is 8.57. The second-order valence-electron chi connectivity index (χ2n) is 6.99. The number of halogens is 3. The lowest BCUT2D eigenvalue weighted by atomic mass is 10.1. The molecule has 0 saturated carbocycles. The molecule has 4 aromatic rings. The van der Waals surface area contributed by atoms with Gasteiger partial charge in [0.15, 0.2) is 0 Å². The molecule has 1 unspecified atom stereocenters. The average Bonchev–Trinajstić information content (AvgIpc) is 2.73. The highest BCUT2D eigenvalue weighted by molar-refractivity contribution is 7.86. The Morgan fingerprint density at radius 3 is 2.50 bits per heavy atom. The molecule has 0 saturated heterocycles. The van der Waals surface area contributed by atoms with Crippen LogP contribution < -0.4 is 5.32 Å². The van der Waals surface area contributed by atoms with Crippen LogP contribution in [0.1, 0.15) is 5.56 Å². The van der Waals surface area contributed by atoms with Crippen LogP contribution in [-0.4, -0.2) is 21.5 Å². The van der Waals surface area contributed by atoms with Gasteiger partial charge in [0.05, 0.1) is 21.7 Å². The summed E-state index contributed by atoms with van der Waals surface area (Å²) in [4.78, 5) is 5.01. The number of pyridine rings is 1. The van der Waals surface area contributed by atoms with Crippen LogP contribution >= 0.6 is 0 Å². The van der Waals surface area contributed by atoms with E-state index in [4.69, 9.17) is 0 Å². The Morgan fingerprint density at radius 1 is 0.969 bits per heavy atom. The van der Waals surface area contributed by atoms with E-state index in [1.807, 2.05) is 12.3 Å².